The van der Waals surface area contributed by atoms with Gasteiger partial charge in [0.25, 0.3) is 11.1 Å². The molecule has 0 saturated heterocycles. The van der Waals surface area contributed by atoms with Crippen LogP contribution < -0.4 is 5.32 Å². The number of carboxylic acids is 1. The van der Waals surface area contributed by atoms with Crippen LogP contribution in [0.3, 0.4) is 0 Å². The van der Waals surface area contributed by atoms with Crippen molar-refractivity contribution in [1.82, 2.24) is 0 Å². The van der Waals surface area contributed by atoms with Gasteiger partial charge in [0.1, 0.15) is 63.5 Å². The first-order valence-electron chi connectivity index (χ1n) is 17.4. The number of anilines is 1. The second kappa shape index (κ2) is 19.8. The van der Waals surface area contributed by atoms with Gasteiger partial charge in [0.15, 0.2) is 0 Å². The van der Waals surface area contributed by atoms with Gasteiger partial charge >= 0.3 is 5.97 Å². The van der Waals surface area contributed by atoms with Crippen molar-refractivity contribution in [2.24, 2.45) is 0 Å². The third-order valence-corrected chi connectivity index (χ3v) is 9.02. The molecular formula is C45H26Cl2F7NO7. The second-order valence-corrected chi connectivity index (χ2v) is 13.5. The van der Waals surface area contributed by atoms with Crippen molar-refractivity contribution >= 4 is 46.0 Å². The highest BCUT2D eigenvalue weighted by molar-refractivity contribution is 6.68. The molecule has 7 rings (SSSR count). The van der Waals surface area contributed by atoms with Crippen LogP contribution >= 0.6 is 23.2 Å². The average Bonchev–Trinajstić information content (AvgIpc) is 3.20. The summed E-state index contributed by atoms with van der Waals surface area (Å²) >= 11 is 10.9. The third-order valence-electron chi connectivity index (χ3n) is 8.58. The lowest BCUT2D eigenvalue weighted by atomic mass is 10.0. The molecule has 7 aromatic carbocycles. The number of phenols is 3. The van der Waals surface area contributed by atoms with Crippen molar-refractivity contribution < 1.29 is 65.5 Å². The molecule has 0 radical (unpaired) electrons. The number of carboxylic acid groups (broad SMARTS) is 1. The number of carbonyl (C=O) groups excluding carboxylic acids is 2. The lowest BCUT2D eigenvalue weighted by Crippen LogP contribution is -2.13. The minimum atomic E-state index is -1.32. The summed E-state index contributed by atoms with van der Waals surface area (Å²) < 4.78 is 93.4. The number of phenolic OH excluding ortho intramolecular Hbond substituents is 2. The summed E-state index contributed by atoms with van der Waals surface area (Å²) in [6.07, 6.45) is 0. The molecule has 5 N–H and O–H groups in total. The molecule has 0 aliphatic heterocycles. The molecule has 7 aromatic rings. The minimum Gasteiger partial charge on any atom is -0.507 e. The molecule has 8 nitrogen and oxygen atoms in total. The smallest absolute Gasteiger partial charge is 0.339 e. The number of rotatable bonds is 7. The van der Waals surface area contributed by atoms with Gasteiger partial charge in [-0.15, -0.1) is 0 Å². The van der Waals surface area contributed by atoms with Gasteiger partial charge in [0.2, 0.25) is 0 Å². The zero-order chi connectivity index (χ0) is 45.4. The summed E-state index contributed by atoms with van der Waals surface area (Å²) in [5.74, 6) is -8.44. The van der Waals surface area contributed by atoms with Crippen molar-refractivity contribution in [2.45, 2.75) is 0 Å². The molecule has 0 aromatic heterocycles. The molecule has 0 saturated carbocycles. The molecule has 316 valence electrons. The van der Waals surface area contributed by atoms with Gasteiger partial charge in [0, 0.05) is 39.9 Å². The molecule has 0 bridgehead atoms. The van der Waals surface area contributed by atoms with Gasteiger partial charge in [-0.2, -0.15) is 0 Å². The van der Waals surface area contributed by atoms with Crippen LogP contribution in [0.15, 0.2) is 127 Å². The van der Waals surface area contributed by atoms with Crippen molar-refractivity contribution in [1.29, 1.82) is 0 Å². The van der Waals surface area contributed by atoms with Crippen molar-refractivity contribution in [3.63, 3.8) is 0 Å². The standard InChI is InChI=1S/C19H11ClF3NO2.C13H7ClF2O2.C13H8F2O3/c20-11-2-5-17(16(23)8-11)24-19(26)14-7-10(1-6-18(14)25)13-4-3-12(21)9-15(13)22;14-13(18)10-5-7(1-4-12(10)17)9-3-2-8(15)6-11(9)16;14-8-2-3-9(11(15)6-8)7-1-4-12(16)10(5-7)13(17)18/h1-9,25H,(H,24,26);1-6,17H;1-6,16H,(H,17,18). The third kappa shape index (κ3) is 11.3. The zero-order valence-electron chi connectivity index (χ0n) is 31.0. The van der Waals surface area contributed by atoms with Crippen LogP contribution in [0.2, 0.25) is 5.02 Å². The first kappa shape index (κ1) is 45.7. The number of aromatic carboxylic acids is 1. The molecular weight excluding hydrogens is 870 g/mol. The van der Waals surface area contributed by atoms with Crippen LogP contribution in [0.25, 0.3) is 33.4 Å². The van der Waals surface area contributed by atoms with E-state index < -0.39 is 63.6 Å². The topological polar surface area (TPSA) is 144 Å². The van der Waals surface area contributed by atoms with Crippen molar-refractivity contribution in [2.75, 3.05) is 5.32 Å². The fraction of sp³-hybridized carbons (Fsp3) is 0. The predicted molar refractivity (Wildman–Crippen MR) is 217 cm³/mol. The van der Waals surface area contributed by atoms with E-state index >= 15 is 0 Å². The van der Waals surface area contributed by atoms with E-state index in [1.807, 2.05) is 0 Å². The van der Waals surface area contributed by atoms with Gasteiger partial charge in [-0.3, -0.25) is 9.59 Å². The van der Waals surface area contributed by atoms with Crippen LogP contribution in [0, 0.1) is 40.7 Å². The van der Waals surface area contributed by atoms with Crippen LogP contribution in [0.1, 0.15) is 31.1 Å². The van der Waals surface area contributed by atoms with Crippen molar-refractivity contribution in [3.05, 3.63) is 190 Å². The number of aromatic hydroxyl groups is 3. The Morgan fingerprint density at radius 1 is 0.452 bits per heavy atom. The molecule has 0 spiro atoms. The number of benzene rings is 7. The maximum Gasteiger partial charge on any atom is 0.339 e. The maximum atomic E-state index is 13.9. The van der Waals surface area contributed by atoms with Crippen LogP contribution in [-0.2, 0) is 0 Å². The first-order chi connectivity index (χ1) is 29.3. The normalized spacial score (nSPS) is 10.5. The van der Waals surface area contributed by atoms with E-state index in [1.165, 1.54) is 72.8 Å². The van der Waals surface area contributed by atoms with Crippen molar-refractivity contribution in [3.8, 4) is 50.6 Å². The number of amides is 1. The van der Waals surface area contributed by atoms with E-state index in [0.29, 0.717) is 17.7 Å². The molecule has 0 unspecified atom stereocenters. The highest BCUT2D eigenvalue weighted by atomic mass is 35.5. The number of halogens is 9. The summed E-state index contributed by atoms with van der Waals surface area (Å²) in [5.41, 5.74) is 0.290. The van der Waals surface area contributed by atoms with E-state index in [9.17, 15) is 60.4 Å². The zero-order valence-corrected chi connectivity index (χ0v) is 32.6. The van der Waals surface area contributed by atoms with E-state index in [1.54, 1.807) is 0 Å². The van der Waals surface area contributed by atoms with E-state index in [4.69, 9.17) is 28.3 Å². The largest absolute Gasteiger partial charge is 0.507 e. The van der Waals surface area contributed by atoms with Gasteiger partial charge in [-0.05, 0) is 119 Å². The van der Waals surface area contributed by atoms with Gasteiger partial charge in [0.05, 0.1) is 16.8 Å². The number of carbonyl (C=O) groups is 3. The monoisotopic (exact) mass is 895 g/mol. The summed E-state index contributed by atoms with van der Waals surface area (Å²) in [7, 11) is 0. The number of hydrogen-bond donors (Lipinski definition) is 5. The Morgan fingerprint density at radius 3 is 1.23 bits per heavy atom. The Morgan fingerprint density at radius 2 is 0.839 bits per heavy atom. The summed E-state index contributed by atoms with van der Waals surface area (Å²) in [5, 5.41) is 39.1. The Hall–Kier alpha value is -7.36. The summed E-state index contributed by atoms with van der Waals surface area (Å²) in [4.78, 5) is 34.2. The Labute approximate surface area is 356 Å². The fourth-order valence-corrected chi connectivity index (χ4v) is 5.88. The van der Waals surface area contributed by atoms with Gasteiger partial charge < -0.3 is 25.7 Å². The Bertz CT molecular complexity index is 2750. The highest BCUT2D eigenvalue weighted by Crippen LogP contribution is 2.32. The Balaban J connectivity index is 0.000000181. The molecule has 0 atom stereocenters. The van der Waals surface area contributed by atoms with Crippen LogP contribution in [0.5, 0.6) is 17.2 Å². The quantitative estimate of drug-likeness (QED) is 0.0791. The van der Waals surface area contributed by atoms with Gasteiger partial charge in [-0.1, -0.05) is 29.8 Å². The minimum absolute atomic E-state index is 0.0538. The van der Waals surface area contributed by atoms with Gasteiger partial charge in [-0.25, -0.2) is 35.5 Å². The average molecular weight is 897 g/mol. The SMILES string of the molecule is O=C(Cl)c1cc(-c2ccc(F)cc2F)ccc1O.O=C(Nc1ccc(Cl)cc1F)c1cc(-c2ccc(F)cc2F)ccc1O.O=C(O)c1cc(-c2ccc(F)cc2F)ccc1O. The number of hydrogen-bond acceptors (Lipinski definition) is 6. The predicted octanol–water partition coefficient (Wildman–Crippen LogP) is 12.1. The molecule has 0 aliphatic rings. The highest BCUT2D eigenvalue weighted by Gasteiger charge is 2.18. The fourth-order valence-electron chi connectivity index (χ4n) is 5.57. The second-order valence-electron chi connectivity index (χ2n) is 12.7. The molecule has 62 heavy (non-hydrogen) atoms. The lowest BCUT2D eigenvalue weighted by molar-refractivity contribution is 0.0693. The van der Waals surface area contributed by atoms with Crippen LogP contribution in [0.4, 0.5) is 36.4 Å². The molecule has 0 heterocycles. The first-order valence-corrected chi connectivity index (χ1v) is 18.1. The lowest BCUT2D eigenvalue weighted by Gasteiger charge is -2.10. The maximum absolute atomic E-state index is 13.9. The van der Waals surface area contributed by atoms with E-state index in [-0.39, 0.29) is 66.7 Å². The Kier molecular flexibility index (Phi) is 14.6. The van der Waals surface area contributed by atoms with E-state index in [2.05, 4.69) is 5.32 Å². The van der Waals surface area contributed by atoms with E-state index in [0.717, 1.165) is 42.5 Å². The number of nitrogens with one attached hydrogen (secondary N) is 1. The molecule has 0 fully saturated rings. The molecule has 17 heteroatoms. The molecule has 1 amide bonds. The van der Waals surface area contributed by atoms with Crippen LogP contribution in [-0.4, -0.2) is 37.5 Å². The summed E-state index contributed by atoms with van der Waals surface area (Å²) in [6.45, 7) is 0. The molecule has 0 aliphatic carbocycles. The summed E-state index contributed by atoms with van der Waals surface area (Å²) in [6, 6.07) is 24.1.